The highest BCUT2D eigenvalue weighted by molar-refractivity contribution is 5.60. The van der Waals surface area contributed by atoms with Crippen molar-refractivity contribution in [1.82, 2.24) is 0 Å². The van der Waals surface area contributed by atoms with Crippen molar-refractivity contribution in [2.45, 2.75) is 46.5 Å². The van der Waals surface area contributed by atoms with Gasteiger partial charge in [0.2, 0.25) is 0 Å². The minimum atomic E-state index is 0.0284. The van der Waals surface area contributed by atoms with E-state index in [2.05, 4.69) is 20.8 Å². The number of hydrogen-bond acceptors (Lipinski definition) is 1. The van der Waals surface area contributed by atoms with Gasteiger partial charge in [-0.15, -0.1) is 0 Å². The van der Waals surface area contributed by atoms with Crippen LogP contribution in [-0.2, 0) is 4.79 Å². The summed E-state index contributed by atoms with van der Waals surface area (Å²) in [5.74, 6) is 1.32. The number of carbonyl (C=O) groups excluding carboxylic acids is 1. The summed E-state index contributed by atoms with van der Waals surface area (Å²) in [7, 11) is 0. The SMILES string of the molecule is CCC1CCC(C=O)(C(C)C)C1. The topological polar surface area (TPSA) is 17.1 Å². The average Bonchev–Trinajstić information content (AvgIpc) is 2.48. The number of carbonyl (C=O) groups is 1. The summed E-state index contributed by atoms with van der Waals surface area (Å²) in [6, 6.07) is 0. The summed E-state index contributed by atoms with van der Waals surface area (Å²) in [6.45, 7) is 6.57. The largest absolute Gasteiger partial charge is 0.303 e. The van der Waals surface area contributed by atoms with E-state index in [9.17, 15) is 4.79 Å². The Morgan fingerprint density at radius 1 is 1.58 bits per heavy atom. The molecule has 0 aliphatic heterocycles. The van der Waals surface area contributed by atoms with Crippen LogP contribution in [0.3, 0.4) is 0 Å². The summed E-state index contributed by atoms with van der Waals surface area (Å²) in [6.07, 6.45) is 5.96. The Labute approximate surface area is 75.5 Å². The molecule has 12 heavy (non-hydrogen) atoms. The Morgan fingerprint density at radius 2 is 2.25 bits per heavy atom. The second-order valence-corrected chi connectivity index (χ2v) is 4.52. The van der Waals surface area contributed by atoms with Crippen LogP contribution >= 0.6 is 0 Å². The van der Waals surface area contributed by atoms with E-state index < -0.39 is 0 Å². The third kappa shape index (κ3) is 1.55. The summed E-state index contributed by atoms with van der Waals surface area (Å²) in [5.41, 5.74) is 0.0284. The molecule has 1 fully saturated rings. The summed E-state index contributed by atoms with van der Waals surface area (Å²) >= 11 is 0. The van der Waals surface area contributed by atoms with E-state index in [0.717, 1.165) is 18.8 Å². The summed E-state index contributed by atoms with van der Waals surface area (Å²) in [5, 5.41) is 0. The lowest BCUT2D eigenvalue weighted by Crippen LogP contribution is -2.25. The van der Waals surface area contributed by atoms with E-state index in [1.165, 1.54) is 19.1 Å². The fourth-order valence-corrected chi connectivity index (χ4v) is 2.33. The van der Waals surface area contributed by atoms with E-state index in [4.69, 9.17) is 0 Å². The maximum atomic E-state index is 11.0. The van der Waals surface area contributed by atoms with Crippen molar-refractivity contribution in [2.75, 3.05) is 0 Å². The van der Waals surface area contributed by atoms with Gasteiger partial charge in [0.05, 0.1) is 0 Å². The molecule has 0 heterocycles. The van der Waals surface area contributed by atoms with E-state index >= 15 is 0 Å². The molecule has 1 rings (SSSR count). The summed E-state index contributed by atoms with van der Waals surface area (Å²) < 4.78 is 0. The Kier molecular flexibility index (Phi) is 2.92. The molecule has 2 unspecified atom stereocenters. The zero-order chi connectivity index (χ0) is 9.19. The minimum Gasteiger partial charge on any atom is -0.303 e. The first-order valence-electron chi connectivity index (χ1n) is 5.11. The third-order valence-electron chi connectivity index (χ3n) is 3.65. The molecular formula is C11H20O. The Hall–Kier alpha value is -0.330. The highest BCUT2D eigenvalue weighted by Crippen LogP contribution is 2.46. The molecule has 0 saturated heterocycles. The van der Waals surface area contributed by atoms with Crippen molar-refractivity contribution in [3.63, 3.8) is 0 Å². The summed E-state index contributed by atoms with van der Waals surface area (Å²) in [4.78, 5) is 11.0. The van der Waals surface area contributed by atoms with Gasteiger partial charge in [0, 0.05) is 5.41 Å². The van der Waals surface area contributed by atoms with Gasteiger partial charge in [0.1, 0.15) is 6.29 Å². The predicted octanol–water partition coefficient (Wildman–Crippen LogP) is 3.04. The van der Waals surface area contributed by atoms with Crippen LogP contribution in [0.25, 0.3) is 0 Å². The fourth-order valence-electron chi connectivity index (χ4n) is 2.33. The molecule has 1 heteroatoms. The van der Waals surface area contributed by atoms with Crippen molar-refractivity contribution in [3.8, 4) is 0 Å². The predicted molar refractivity (Wildman–Crippen MR) is 51.0 cm³/mol. The number of aldehydes is 1. The molecule has 0 aromatic rings. The maximum absolute atomic E-state index is 11.0. The van der Waals surface area contributed by atoms with Gasteiger partial charge in [-0.1, -0.05) is 27.2 Å². The quantitative estimate of drug-likeness (QED) is 0.592. The molecule has 0 amide bonds. The number of rotatable bonds is 3. The van der Waals surface area contributed by atoms with Crippen molar-refractivity contribution >= 4 is 6.29 Å². The fraction of sp³-hybridized carbons (Fsp3) is 0.909. The van der Waals surface area contributed by atoms with E-state index in [1.807, 2.05) is 0 Å². The first kappa shape index (κ1) is 9.76. The van der Waals surface area contributed by atoms with Crippen LogP contribution in [0.2, 0.25) is 0 Å². The molecule has 1 aliphatic carbocycles. The van der Waals surface area contributed by atoms with Gasteiger partial charge in [-0.2, -0.15) is 0 Å². The monoisotopic (exact) mass is 168 g/mol. The molecule has 0 aromatic carbocycles. The molecule has 0 N–H and O–H groups in total. The third-order valence-corrected chi connectivity index (χ3v) is 3.65. The lowest BCUT2D eigenvalue weighted by Gasteiger charge is -2.26. The Balaban J connectivity index is 2.65. The van der Waals surface area contributed by atoms with Gasteiger partial charge in [-0.05, 0) is 31.1 Å². The zero-order valence-corrected chi connectivity index (χ0v) is 8.47. The Bertz CT molecular complexity index is 162. The normalized spacial score (nSPS) is 35.8. The smallest absolute Gasteiger partial charge is 0.126 e. The second kappa shape index (κ2) is 3.59. The molecule has 0 bridgehead atoms. The van der Waals surface area contributed by atoms with Gasteiger partial charge in [-0.25, -0.2) is 0 Å². The van der Waals surface area contributed by atoms with Crippen LogP contribution in [0.1, 0.15) is 46.5 Å². The molecular weight excluding hydrogens is 148 g/mol. The van der Waals surface area contributed by atoms with Gasteiger partial charge >= 0.3 is 0 Å². The molecule has 0 radical (unpaired) electrons. The highest BCUT2D eigenvalue weighted by Gasteiger charge is 2.40. The van der Waals surface area contributed by atoms with E-state index in [1.54, 1.807) is 0 Å². The highest BCUT2D eigenvalue weighted by atomic mass is 16.1. The van der Waals surface area contributed by atoms with Crippen molar-refractivity contribution in [2.24, 2.45) is 17.3 Å². The molecule has 0 spiro atoms. The van der Waals surface area contributed by atoms with E-state index in [0.29, 0.717) is 5.92 Å². The van der Waals surface area contributed by atoms with Crippen LogP contribution in [0, 0.1) is 17.3 Å². The van der Waals surface area contributed by atoms with Crippen molar-refractivity contribution < 1.29 is 4.79 Å². The van der Waals surface area contributed by atoms with Gasteiger partial charge in [-0.3, -0.25) is 0 Å². The first-order valence-corrected chi connectivity index (χ1v) is 5.11. The van der Waals surface area contributed by atoms with Gasteiger partial charge in [0.15, 0.2) is 0 Å². The van der Waals surface area contributed by atoms with Crippen LogP contribution in [-0.4, -0.2) is 6.29 Å². The van der Waals surface area contributed by atoms with Crippen molar-refractivity contribution in [3.05, 3.63) is 0 Å². The average molecular weight is 168 g/mol. The van der Waals surface area contributed by atoms with Crippen LogP contribution in [0.5, 0.6) is 0 Å². The second-order valence-electron chi connectivity index (χ2n) is 4.52. The van der Waals surface area contributed by atoms with Crippen molar-refractivity contribution in [1.29, 1.82) is 0 Å². The van der Waals surface area contributed by atoms with Crippen LogP contribution < -0.4 is 0 Å². The lowest BCUT2D eigenvalue weighted by molar-refractivity contribution is -0.118. The number of hydrogen-bond donors (Lipinski definition) is 0. The molecule has 1 saturated carbocycles. The molecule has 2 atom stereocenters. The Morgan fingerprint density at radius 3 is 2.50 bits per heavy atom. The van der Waals surface area contributed by atoms with Crippen LogP contribution in [0.15, 0.2) is 0 Å². The molecule has 70 valence electrons. The molecule has 1 aliphatic rings. The van der Waals surface area contributed by atoms with Crippen LogP contribution in [0.4, 0.5) is 0 Å². The first-order chi connectivity index (χ1) is 5.64. The van der Waals surface area contributed by atoms with Gasteiger partial charge < -0.3 is 4.79 Å². The minimum absolute atomic E-state index is 0.0284. The standard InChI is InChI=1S/C11H20O/c1-4-10-5-6-11(7-10,8-12)9(2)3/h8-10H,4-7H2,1-3H3. The molecule has 0 aromatic heterocycles. The lowest BCUT2D eigenvalue weighted by atomic mass is 9.76. The zero-order valence-electron chi connectivity index (χ0n) is 8.47. The van der Waals surface area contributed by atoms with Gasteiger partial charge in [0.25, 0.3) is 0 Å². The maximum Gasteiger partial charge on any atom is 0.126 e. The molecule has 1 nitrogen and oxygen atoms in total. The van der Waals surface area contributed by atoms with E-state index in [-0.39, 0.29) is 5.41 Å².